The van der Waals surface area contributed by atoms with Gasteiger partial charge in [0.25, 0.3) is 0 Å². The molecule has 6 nitrogen and oxygen atoms in total. The lowest BCUT2D eigenvalue weighted by Crippen LogP contribution is -2.52. The number of hydrogen-bond acceptors (Lipinski definition) is 3. The molecule has 1 aromatic heterocycles. The molecule has 2 aromatic carbocycles. The molecule has 0 saturated carbocycles. The van der Waals surface area contributed by atoms with Crippen LogP contribution in [0.5, 0.6) is 0 Å². The third-order valence-electron chi connectivity index (χ3n) is 5.30. The number of aromatic nitrogens is 1. The van der Waals surface area contributed by atoms with Gasteiger partial charge in [-0.3, -0.25) is 4.79 Å². The summed E-state index contributed by atoms with van der Waals surface area (Å²) in [5.74, 6) is -0.250. The zero-order valence-corrected chi connectivity index (χ0v) is 16.5. The molecule has 1 aliphatic heterocycles. The maximum absolute atomic E-state index is 12.8. The second-order valence-electron chi connectivity index (χ2n) is 7.20. The first-order valence-corrected chi connectivity index (χ1v) is 11.1. The van der Waals surface area contributed by atoms with Crippen molar-refractivity contribution < 1.29 is 13.2 Å². The van der Waals surface area contributed by atoms with E-state index >= 15 is 0 Å². The van der Waals surface area contributed by atoms with Crippen molar-refractivity contribution in [2.24, 2.45) is 0 Å². The molecule has 3 aromatic rings. The first-order chi connectivity index (χ1) is 13.4. The van der Waals surface area contributed by atoms with Crippen LogP contribution in [0.2, 0.25) is 0 Å². The average Bonchev–Trinajstić information content (AvgIpc) is 3.09. The summed E-state index contributed by atoms with van der Waals surface area (Å²) in [4.78, 5) is 16.1. The SMILES string of the molecule is CS(=O)(=O)N1Cc2ccccc2CC1C(=O)NCCc1c[nH]c2ccccc12. The molecule has 1 aliphatic rings. The van der Waals surface area contributed by atoms with Crippen molar-refractivity contribution in [1.29, 1.82) is 0 Å². The van der Waals surface area contributed by atoms with Gasteiger partial charge in [-0.2, -0.15) is 4.31 Å². The van der Waals surface area contributed by atoms with Crippen molar-refractivity contribution in [3.63, 3.8) is 0 Å². The quantitative estimate of drug-likeness (QED) is 0.693. The minimum Gasteiger partial charge on any atom is -0.361 e. The summed E-state index contributed by atoms with van der Waals surface area (Å²) >= 11 is 0. The molecule has 0 bridgehead atoms. The zero-order chi connectivity index (χ0) is 19.7. The number of amides is 1. The minimum atomic E-state index is -3.49. The molecular weight excluding hydrogens is 374 g/mol. The topological polar surface area (TPSA) is 82.3 Å². The lowest BCUT2D eigenvalue weighted by Gasteiger charge is -2.34. The van der Waals surface area contributed by atoms with E-state index in [0.717, 1.165) is 33.8 Å². The lowest BCUT2D eigenvalue weighted by atomic mass is 9.95. The van der Waals surface area contributed by atoms with Crippen LogP contribution in [0.15, 0.2) is 54.7 Å². The molecule has 0 saturated heterocycles. The summed E-state index contributed by atoms with van der Waals surface area (Å²) in [7, 11) is -3.49. The van der Waals surface area contributed by atoms with Gasteiger partial charge >= 0.3 is 0 Å². The molecule has 7 heteroatoms. The van der Waals surface area contributed by atoms with E-state index in [1.54, 1.807) is 0 Å². The number of nitrogens with one attached hydrogen (secondary N) is 2. The third-order valence-corrected chi connectivity index (χ3v) is 6.54. The number of hydrogen-bond donors (Lipinski definition) is 2. The van der Waals surface area contributed by atoms with Crippen molar-refractivity contribution in [1.82, 2.24) is 14.6 Å². The summed E-state index contributed by atoms with van der Waals surface area (Å²) in [6, 6.07) is 15.0. The van der Waals surface area contributed by atoms with Crippen LogP contribution in [-0.2, 0) is 34.2 Å². The van der Waals surface area contributed by atoms with E-state index in [1.807, 2.05) is 54.7 Å². The highest BCUT2D eigenvalue weighted by Crippen LogP contribution is 2.25. The number of aromatic amines is 1. The van der Waals surface area contributed by atoms with E-state index in [4.69, 9.17) is 0 Å². The fraction of sp³-hybridized carbons (Fsp3) is 0.286. The molecule has 2 N–H and O–H groups in total. The molecule has 1 atom stereocenters. The summed E-state index contributed by atoms with van der Waals surface area (Å²) in [6.07, 6.45) is 4.18. The molecule has 2 heterocycles. The van der Waals surface area contributed by atoms with Crippen LogP contribution < -0.4 is 5.32 Å². The van der Waals surface area contributed by atoms with Crippen molar-refractivity contribution >= 4 is 26.8 Å². The number of H-pyrrole nitrogens is 1. The van der Waals surface area contributed by atoms with E-state index in [2.05, 4.69) is 10.3 Å². The Morgan fingerprint density at radius 2 is 1.86 bits per heavy atom. The van der Waals surface area contributed by atoms with E-state index in [0.29, 0.717) is 19.4 Å². The fourth-order valence-electron chi connectivity index (χ4n) is 3.85. The number of nitrogens with zero attached hydrogens (tertiary/aromatic N) is 1. The molecule has 0 spiro atoms. The van der Waals surface area contributed by atoms with Crippen LogP contribution >= 0.6 is 0 Å². The Hall–Kier alpha value is -2.64. The summed E-state index contributed by atoms with van der Waals surface area (Å²) < 4.78 is 25.8. The normalized spacial score (nSPS) is 17.4. The van der Waals surface area contributed by atoms with Crippen LogP contribution in [0.25, 0.3) is 10.9 Å². The van der Waals surface area contributed by atoms with Gasteiger partial charge in [0.2, 0.25) is 15.9 Å². The van der Waals surface area contributed by atoms with Crippen LogP contribution in [-0.4, -0.2) is 42.5 Å². The fourth-order valence-corrected chi connectivity index (χ4v) is 4.85. The van der Waals surface area contributed by atoms with E-state index in [9.17, 15) is 13.2 Å². The highest BCUT2D eigenvalue weighted by Gasteiger charge is 2.36. The Morgan fingerprint density at radius 1 is 1.14 bits per heavy atom. The standard InChI is InChI=1S/C21H23N3O3S/c1-28(26,27)24-14-17-7-3-2-6-15(17)12-20(24)21(25)22-11-10-16-13-23-19-9-5-4-8-18(16)19/h2-9,13,20,23H,10-12,14H2,1H3,(H,22,25). The maximum Gasteiger partial charge on any atom is 0.238 e. The zero-order valence-electron chi connectivity index (χ0n) is 15.7. The average molecular weight is 398 g/mol. The van der Waals surface area contributed by atoms with Crippen LogP contribution in [0.1, 0.15) is 16.7 Å². The van der Waals surface area contributed by atoms with Crippen molar-refractivity contribution in [3.8, 4) is 0 Å². The second kappa shape index (κ2) is 7.41. The van der Waals surface area contributed by atoms with Crippen LogP contribution in [0, 0.1) is 0 Å². The van der Waals surface area contributed by atoms with Crippen LogP contribution in [0.3, 0.4) is 0 Å². The van der Waals surface area contributed by atoms with Gasteiger partial charge in [0.1, 0.15) is 6.04 Å². The first-order valence-electron chi connectivity index (χ1n) is 9.30. The Kier molecular flexibility index (Phi) is 4.95. The predicted molar refractivity (Wildman–Crippen MR) is 109 cm³/mol. The van der Waals surface area contributed by atoms with Gasteiger partial charge in [-0.25, -0.2) is 8.42 Å². The number of carbonyl (C=O) groups excluding carboxylic acids is 1. The molecule has 1 unspecified atom stereocenters. The summed E-state index contributed by atoms with van der Waals surface area (Å²) in [5, 5.41) is 4.07. The molecule has 28 heavy (non-hydrogen) atoms. The van der Waals surface area contributed by atoms with Crippen molar-refractivity contribution in [2.45, 2.75) is 25.4 Å². The Morgan fingerprint density at radius 3 is 2.64 bits per heavy atom. The first kappa shape index (κ1) is 18.7. The molecule has 0 fully saturated rings. The van der Waals surface area contributed by atoms with Gasteiger partial charge in [0.05, 0.1) is 6.26 Å². The number of sulfonamides is 1. The second-order valence-corrected chi connectivity index (χ2v) is 9.13. The Labute approximate surface area is 164 Å². The van der Waals surface area contributed by atoms with E-state index in [1.165, 1.54) is 4.31 Å². The third kappa shape index (κ3) is 3.68. The molecule has 4 rings (SSSR count). The highest BCUT2D eigenvalue weighted by molar-refractivity contribution is 7.88. The largest absolute Gasteiger partial charge is 0.361 e. The number of rotatable bonds is 5. The van der Waals surface area contributed by atoms with Gasteiger partial charge in [-0.15, -0.1) is 0 Å². The van der Waals surface area contributed by atoms with Gasteiger partial charge in [0, 0.05) is 30.2 Å². The number of benzene rings is 2. The molecule has 146 valence electrons. The van der Waals surface area contributed by atoms with E-state index in [-0.39, 0.29) is 12.5 Å². The van der Waals surface area contributed by atoms with E-state index < -0.39 is 16.1 Å². The number of fused-ring (bicyclic) bond motifs is 2. The number of carbonyl (C=O) groups is 1. The highest BCUT2D eigenvalue weighted by atomic mass is 32.2. The molecule has 0 aliphatic carbocycles. The summed E-state index contributed by atoms with van der Waals surface area (Å²) in [5.41, 5.74) is 4.18. The van der Waals surface area contributed by atoms with Gasteiger partial charge < -0.3 is 10.3 Å². The van der Waals surface area contributed by atoms with Crippen molar-refractivity contribution in [3.05, 3.63) is 71.4 Å². The minimum absolute atomic E-state index is 0.232. The smallest absolute Gasteiger partial charge is 0.238 e. The Balaban J connectivity index is 1.47. The molecule has 1 amide bonds. The van der Waals surface area contributed by atoms with Gasteiger partial charge in [-0.1, -0.05) is 42.5 Å². The summed E-state index contributed by atoms with van der Waals surface area (Å²) in [6.45, 7) is 0.686. The van der Waals surface area contributed by atoms with Gasteiger partial charge in [0.15, 0.2) is 0 Å². The van der Waals surface area contributed by atoms with Gasteiger partial charge in [-0.05, 0) is 35.6 Å². The van der Waals surface area contributed by atoms with Crippen LogP contribution in [0.4, 0.5) is 0 Å². The lowest BCUT2D eigenvalue weighted by molar-refractivity contribution is -0.125. The molecule has 0 radical (unpaired) electrons. The monoisotopic (exact) mass is 397 g/mol. The Bertz CT molecular complexity index is 1120. The predicted octanol–water partition coefficient (Wildman–Crippen LogP) is 2.21. The van der Waals surface area contributed by atoms with Crippen molar-refractivity contribution in [2.75, 3.05) is 12.8 Å². The number of para-hydroxylation sites is 1. The maximum atomic E-state index is 12.8. The molecular formula is C21H23N3O3S.